The highest BCUT2D eigenvalue weighted by atomic mass is 32.2. The highest BCUT2D eigenvalue weighted by Crippen LogP contribution is 2.38. The summed E-state index contributed by atoms with van der Waals surface area (Å²) in [6, 6.07) is 0. The first-order valence-electron chi connectivity index (χ1n) is 9.37. The SMILES string of the molecule is CC(C)=CCCN1CC[C@@H](O)[C@]2(CCCN(C(=O)CNS(C)(=O)=O)C2)C1. The molecule has 2 N–H and O–H groups in total. The van der Waals surface area contributed by atoms with E-state index in [0.29, 0.717) is 13.1 Å². The molecule has 1 spiro atoms. The van der Waals surface area contributed by atoms with Crippen LogP contribution in [-0.2, 0) is 14.8 Å². The van der Waals surface area contributed by atoms with Crippen molar-refractivity contribution in [1.82, 2.24) is 14.5 Å². The van der Waals surface area contributed by atoms with Crippen molar-refractivity contribution >= 4 is 15.9 Å². The molecule has 1 amide bonds. The van der Waals surface area contributed by atoms with Gasteiger partial charge in [0.2, 0.25) is 15.9 Å². The largest absolute Gasteiger partial charge is 0.392 e. The van der Waals surface area contributed by atoms with Gasteiger partial charge in [-0.3, -0.25) is 4.79 Å². The number of hydrogen-bond donors (Lipinski definition) is 2. The van der Waals surface area contributed by atoms with E-state index in [0.717, 1.165) is 51.6 Å². The summed E-state index contributed by atoms with van der Waals surface area (Å²) < 4.78 is 24.7. The second-order valence-electron chi connectivity index (χ2n) is 8.03. The van der Waals surface area contributed by atoms with E-state index in [1.165, 1.54) is 5.57 Å². The fourth-order valence-electron chi connectivity index (χ4n) is 4.05. The van der Waals surface area contributed by atoms with Gasteiger partial charge in [0.25, 0.3) is 0 Å². The van der Waals surface area contributed by atoms with Gasteiger partial charge in [-0.2, -0.15) is 0 Å². The first-order valence-corrected chi connectivity index (χ1v) is 11.3. The van der Waals surface area contributed by atoms with Gasteiger partial charge in [0.1, 0.15) is 0 Å². The third-order valence-corrected chi connectivity index (χ3v) is 6.08. The van der Waals surface area contributed by atoms with Crippen LogP contribution in [0.15, 0.2) is 11.6 Å². The summed E-state index contributed by atoms with van der Waals surface area (Å²) in [5, 5.41) is 10.7. The Morgan fingerprint density at radius 1 is 1.31 bits per heavy atom. The van der Waals surface area contributed by atoms with Crippen molar-refractivity contribution in [1.29, 1.82) is 0 Å². The van der Waals surface area contributed by atoms with Crippen LogP contribution in [0.5, 0.6) is 0 Å². The van der Waals surface area contributed by atoms with Gasteiger partial charge in [0.15, 0.2) is 0 Å². The van der Waals surface area contributed by atoms with Crippen molar-refractivity contribution in [2.45, 2.75) is 45.6 Å². The standard InChI is InChI=1S/C18H33N3O4S/c1-15(2)6-4-9-20-11-7-16(22)18(13-20)8-5-10-21(14-18)17(23)12-19-26(3,24)25/h6,16,19,22H,4-5,7-14H2,1-3H3/t16-,18-/m1/s1. The molecule has 0 aromatic heterocycles. The number of carbonyl (C=O) groups excluding carboxylic acids is 1. The van der Waals surface area contributed by atoms with Crippen LogP contribution in [0.4, 0.5) is 0 Å². The Balaban J connectivity index is 1.99. The van der Waals surface area contributed by atoms with Crippen molar-refractivity contribution < 1.29 is 18.3 Å². The Bertz CT molecular complexity index is 630. The Kier molecular flexibility index (Phi) is 7.24. The number of likely N-dealkylation sites (tertiary alicyclic amines) is 2. The number of amides is 1. The van der Waals surface area contributed by atoms with E-state index in [9.17, 15) is 18.3 Å². The Morgan fingerprint density at radius 3 is 2.69 bits per heavy atom. The summed E-state index contributed by atoms with van der Waals surface area (Å²) in [6.45, 7) is 7.72. The number of nitrogens with one attached hydrogen (secondary N) is 1. The fraction of sp³-hybridized carbons (Fsp3) is 0.833. The van der Waals surface area contributed by atoms with E-state index < -0.39 is 16.1 Å². The maximum Gasteiger partial charge on any atom is 0.237 e. The minimum atomic E-state index is -3.39. The molecule has 2 heterocycles. The van der Waals surface area contributed by atoms with Crippen molar-refractivity contribution in [2.24, 2.45) is 5.41 Å². The Hall–Kier alpha value is -0.960. The van der Waals surface area contributed by atoms with E-state index in [2.05, 4.69) is 29.5 Å². The molecule has 8 heteroatoms. The summed E-state index contributed by atoms with van der Waals surface area (Å²) >= 11 is 0. The molecular formula is C18H33N3O4S. The molecule has 2 saturated heterocycles. The van der Waals surface area contributed by atoms with Crippen LogP contribution >= 0.6 is 0 Å². The minimum Gasteiger partial charge on any atom is -0.392 e. The second kappa shape index (κ2) is 8.82. The first kappa shape index (κ1) is 21.3. The first-order chi connectivity index (χ1) is 12.1. The Labute approximate surface area is 157 Å². The predicted molar refractivity (Wildman–Crippen MR) is 102 cm³/mol. The lowest BCUT2D eigenvalue weighted by Gasteiger charge is -2.51. The highest BCUT2D eigenvalue weighted by molar-refractivity contribution is 7.88. The maximum absolute atomic E-state index is 12.4. The van der Waals surface area contributed by atoms with Crippen molar-refractivity contribution in [3.8, 4) is 0 Å². The normalized spacial score (nSPS) is 27.5. The van der Waals surface area contributed by atoms with Gasteiger partial charge in [-0.05, 0) is 39.5 Å². The van der Waals surface area contributed by atoms with Gasteiger partial charge in [-0.25, -0.2) is 13.1 Å². The van der Waals surface area contributed by atoms with Gasteiger partial charge in [0.05, 0.1) is 18.9 Å². The van der Waals surface area contributed by atoms with E-state index in [4.69, 9.17) is 0 Å². The van der Waals surface area contributed by atoms with Gasteiger partial charge in [-0.15, -0.1) is 0 Å². The molecule has 0 aromatic rings. The summed E-state index contributed by atoms with van der Waals surface area (Å²) in [6.07, 6.45) is 6.31. The topological polar surface area (TPSA) is 89.9 Å². The smallest absolute Gasteiger partial charge is 0.237 e. The third kappa shape index (κ3) is 6.04. The average Bonchev–Trinajstić information content (AvgIpc) is 2.55. The lowest BCUT2D eigenvalue weighted by molar-refractivity contribution is -0.140. The molecule has 2 aliphatic heterocycles. The van der Waals surface area contributed by atoms with Crippen molar-refractivity contribution in [2.75, 3.05) is 45.5 Å². The number of nitrogens with zero attached hydrogens (tertiary/aromatic N) is 2. The molecule has 2 aliphatic rings. The van der Waals surface area contributed by atoms with E-state index in [-0.39, 0.29) is 17.9 Å². The third-order valence-electron chi connectivity index (χ3n) is 5.41. The van der Waals surface area contributed by atoms with Crippen LogP contribution < -0.4 is 4.72 Å². The molecule has 0 radical (unpaired) electrons. The summed E-state index contributed by atoms with van der Waals surface area (Å²) in [5.74, 6) is -0.219. The number of piperidine rings is 2. The molecule has 0 unspecified atom stereocenters. The molecule has 2 rings (SSSR count). The molecule has 7 nitrogen and oxygen atoms in total. The predicted octanol–water partition coefficient (Wildman–Crippen LogP) is 0.567. The van der Waals surface area contributed by atoms with Crippen LogP contribution in [0.2, 0.25) is 0 Å². The van der Waals surface area contributed by atoms with Crippen LogP contribution in [0.3, 0.4) is 0 Å². The number of sulfonamides is 1. The highest BCUT2D eigenvalue weighted by Gasteiger charge is 2.46. The minimum absolute atomic E-state index is 0.213. The molecular weight excluding hydrogens is 354 g/mol. The monoisotopic (exact) mass is 387 g/mol. The van der Waals surface area contributed by atoms with Crippen molar-refractivity contribution in [3.05, 3.63) is 11.6 Å². The van der Waals surface area contributed by atoms with Crippen molar-refractivity contribution in [3.63, 3.8) is 0 Å². The summed E-state index contributed by atoms with van der Waals surface area (Å²) in [5.41, 5.74) is 1.01. The molecule has 150 valence electrons. The van der Waals surface area contributed by atoms with E-state index >= 15 is 0 Å². The van der Waals surface area contributed by atoms with Gasteiger partial charge in [-0.1, -0.05) is 11.6 Å². The van der Waals surface area contributed by atoms with Crippen LogP contribution in [0, 0.1) is 5.41 Å². The van der Waals surface area contributed by atoms with E-state index in [1.807, 2.05) is 0 Å². The lowest BCUT2D eigenvalue weighted by atomic mass is 9.71. The number of carbonyl (C=O) groups is 1. The zero-order valence-electron chi connectivity index (χ0n) is 16.2. The number of aliphatic hydroxyl groups excluding tert-OH is 1. The summed E-state index contributed by atoms with van der Waals surface area (Å²) in [7, 11) is -3.39. The molecule has 2 fully saturated rings. The summed E-state index contributed by atoms with van der Waals surface area (Å²) in [4.78, 5) is 16.5. The number of rotatable bonds is 6. The van der Waals surface area contributed by atoms with Gasteiger partial charge >= 0.3 is 0 Å². The Morgan fingerprint density at radius 2 is 2.04 bits per heavy atom. The number of aliphatic hydroxyl groups is 1. The quantitative estimate of drug-likeness (QED) is 0.650. The molecule has 0 bridgehead atoms. The number of hydrogen-bond acceptors (Lipinski definition) is 5. The molecule has 0 saturated carbocycles. The van der Waals surface area contributed by atoms with Gasteiger partial charge < -0.3 is 14.9 Å². The zero-order chi connectivity index (χ0) is 19.4. The molecule has 26 heavy (non-hydrogen) atoms. The van der Waals surface area contributed by atoms with Crippen LogP contribution in [-0.4, -0.2) is 80.9 Å². The van der Waals surface area contributed by atoms with E-state index in [1.54, 1.807) is 4.90 Å². The van der Waals surface area contributed by atoms with Crippen LogP contribution in [0.25, 0.3) is 0 Å². The maximum atomic E-state index is 12.4. The fourth-order valence-corrected chi connectivity index (χ4v) is 4.43. The van der Waals surface area contributed by atoms with Gasteiger partial charge in [0, 0.05) is 38.1 Å². The molecule has 0 aliphatic carbocycles. The average molecular weight is 388 g/mol. The second-order valence-corrected chi connectivity index (χ2v) is 9.86. The lowest BCUT2D eigenvalue weighted by Crippen LogP contribution is -2.60. The number of allylic oxidation sites excluding steroid dienone is 1. The molecule has 2 atom stereocenters. The molecule has 0 aromatic carbocycles. The van der Waals surface area contributed by atoms with Crippen LogP contribution in [0.1, 0.15) is 39.5 Å². The zero-order valence-corrected chi connectivity index (χ0v) is 17.0.